The molecule has 130 valence electrons. The number of aryl methyl sites for hydroxylation is 2. The predicted octanol–water partition coefficient (Wildman–Crippen LogP) is 4.22. The Morgan fingerprint density at radius 3 is 2.62 bits per heavy atom. The van der Waals surface area contributed by atoms with E-state index in [2.05, 4.69) is 29.2 Å². The molecule has 1 aliphatic rings. The molecule has 0 amide bonds. The molecule has 0 saturated heterocycles. The van der Waals surface area contributed by atoms with E-state index in [9.17, 15) is 4.79 Å². The smallest absolute Gasteiger partial charge is 0.169 e. The molecule has 0 spiro atoms. The number of rotatable bonds is 3. The van der Waals surface area contributed by atoms with E-state index in [4.69, 9.17) is 9.52 Å². The molecule has 4 rings (SSSR count). The van der Waals surface area contributed by atoms with Gasteiger partial charge in [0.05, 0.1) is 17.0 Å². The Bertz CT molecular complexity index is 1020. The third kappa shape index (κ3) is 2.65. The Morgan fingerprint density at radius 2 is 1.88 bits per heavy atom. The van der Waals surface area contributed by atoms with Crippen LogP contribution in [0.1, 0.15) is 47.5 Å². The van der Waals surface area contributed by atoms with Crippen LogP contribution in [0.15, 0.2) is 52.2 Å². The van der Waals surface area contributed by atoms with Crippen LogP contribution in [0.5, 0.6) is 0 Å². The lowest BCUT2D eigenvalue weighted by atomic mass is 9.90. The normalized spacial score (nSPS) is 15.7. The van der Waals surface area contributed by atoms with Gasteiger partial charge in [0.1, 0.15) is 11.8 Å². The van der Waals surface area contributed by atoms with Gasteiger partial charge in [0, 0.05) is 29.9 Å². The number of aliphatic imine (C=N–C) groups is 1. The Kier molecular flexibility index (Phi) is 3.99. The second-order valence-corrected chi connectivity index (χ2v) is 6.64. The Morgan fingerprint density at radius 1 is 1.12 bits per heavy atom. The molecule has 5 nitrogen and oxygen atoms in total. The Labute approximate surface area is 151 Å². The van der Waals surface area contributed by atoms with Gasteiger partial charge < -0.3 is 4.52 Å². The molecule has 3 heterocycles. The number of hydrogen-bond donors (Lipinski definition) is 0. The molecular weight excluding hydrogens is 326 g/mol. The SMILES string of the molecule is CC(=O)C[C@@H]1N=C(c2ccncc2)c2c(C)cccc2-c2c(C)noc21. The van der Waals surface area contributed by atoms with Gasteiger partial charge in [-0.2, -0.15) is 0 Å². The van der Waals surface area contributed by atoms with E-state index in [1.165, 1.54) is 0 Å². The van der Waals surface area contributed by atoms with E-state index < -0.39 is 6.04 Å². The molecule has 0 unspecified atom stereocenters. The van der Waals surface area contributed by atoms with Gasteiger partial charge >= 0.3 is 0 Å². The summed E-state index contributed by atoms with van der Waals surface area (Å²) in [7, 11) is 0. The number of aromatic nitrogens is 2. The monoisotopic (exact) mass is 345 g/mol. The topological polar surface area (TPSA) is 68.3 Å². The van der Waals surface area contributed by atoms with Crippen LogP contribution in [-0.2, 0) is 4.79 Å². The predicted molar refractivity (Wildman–Crippen MR) is 99.3 cm³/mol. The van der Waals surface area contributed by atoms with Crippen LogP contribution in [0.3, 0.4) is 0 Å². The summed E-state index contributed by atoms with van der Waals surface area (Å²) in [4.78, 5) is 21.0. The summed E-state index contributed by atoms with van der Waals surface area (Å²) in [5.74, 6) is 0.726. The Hall–Kier alpha value is -3.08. The fraction of sp³-hybridized carbons (Fsp3) is 0.238. The molecule has 5 heteroatoms. The van der Waals surface area contributed by atoms with Crippen LogP contribution in [0.25, 0.3) is 11.1 Å². The minimum absolute atomic E-state index is 0.0653. The van der Waals surface area contributed by atoms with Crippen molar-refractivity contribution in [2.75, 3.05) is 0 Å². The second kappa shape index (κ2) is 6.33. The molecule has 3 aromatic rings. The third-order valence-electron chi connectivity index (χ3n) is 4.69. The quantitative estimate of drug-likeness (QED) is 0.712. The standard InChI is InChI=1S/C21H19N3O2/c1-12-5-4-6-16-18(12)20(15-7-9-22-10-8-15)23-17(11-13(2)25)21-19(16)14(3)24-26-21/h4-10,17H,11H2,1-3H3/t17-/m0/s1. The number of Topliss-reactive ketones (excluding diaryl/α,β-unsaturated/α-hetero) is 1. The first kappa shape index (κ1) is 16.4. The zero-order valence-corrected chi connectivity index (χ0v) is 15.0. The van der Waals surface area contributed by atoms with Crippen molar-refractivity contribution in [1.29, 1.82) is 0 Å². The molecule has 1 atom stereocenters. The average Bonchev–Trinajstić information content (AvgIpc) is 2.94. The first-order valence-electron chi connectivity index (χ1n) is 8.60. The molecule has 0 N–H and O–H groups in total. The van der Waals surface area contributed by atoms with E-state index in [1.807, 2.05) is 25.1 Å². The molecule has 0 radical (unpaired) electrons. The number of carbonyl (C=O) groups excluding carboxylic acids is 1. The van der Waals surface area contributed by atoms with Gasteiger partial charge in [-0.05, 0) is 44.0 Å². The fourth-order valence-electron chi connectivity index (χ4n) is 3.55. The van der Waals surface area contributed by atoms with E-state index >= 15 is 0 Å². The van der Waals surface area contributed by atoms with Crippen LogP contribution in [-0.4, -0.2) is 21.6 Å². The summed E-state index contributed by atoms with van der Waals surface area (Å²) in [6.45, 7) is 5.58. The highest BCUT2D eigenvalue weighted by molar-refractivity contribution is 6.18. The van der Waals surface area contributed by atoms with Crippen molar-refractivity contribution in [2.24, 2.45) is 4.99 Å². The molecule has 1 aromatic carbocycles. The number of ketones is 1. The van der Waals surface area contributed by atoms with Crippen molar-refractivity contribution in [1.82, 2.24) is 10.1 Å². The van der Waals surface area contributed by atoms with Gasteiger partial charge in [0.25, 0.3) is 0 Å². The highest BCUT2D eigenvalue weighted by Crippen LogP contribution is 2.41. The maximum Gasteiger partial charge on any atom is 0.169 e. The van der Waals surface area contributed by atoms with E-state index in [0.29, 0.717) is 5.76 Å². The molecule has 1 aliphatic heterocycles. The number of nitrogens with zero attached hydrogens (tertiary/aromatic N) is 3. The number of benzene rings is 1. The summed E-state index contributed by atoms with van der Waals surface area (Å²) < 4.78 is 5.64. The second-order valence-electron chi connectivity index (χ2n) is 6.64. The summed E-state index contributed by atoms with van der Waals surface area (Å²) in [6, 6.07) is 9.66. The van der Waals surface area contributed by atoms with Gasteiger partial charge in [-0.25, -0.2) is 0 Å². The van der Waals surface area contributed by atoms with Crippen LogP contribution in [0.2, 0.25) is 0 Å². The molecule has 0 bridgehead atoms. The van der Waals surface area contributed by atoms with Gasteiger partial charge in [-0.1, -0.05) is 23.4 Å². The summed E-state index contributed by atoms with van der Waals surface area (Å²) in [5, 5.41) is 4.16. The van der Waals surface area contributed by atoms with Gasteiger partial charge in [0.2, 0.25) is 0 Å². The molecule has 0 fully saturated rings. The van der Waals surface area contributed by atoms with Crippen molar-refractivity contribution >= 4 is 11.5 Å². The van der Waals surface area contributed by atoms with Crippen molar-refractivity contribution in [3.05, 3.63) is 70.9 Å². The molecule has 26 heavy (non-hydrogen) atoms. The van der Waals surface area contributed by atoms with E-state index in [0.717, 1.165) is 39.2 Å². The minimum Gasteiger partial charge on any atom is -0.358 e. The first-order chi connectivity index (χ1) is 12.6. The fourth-order valence-corrected chi connectivity index (χ4v) is 3.55. The maximum atomic E-state index is 11.9. The van der Waals surface area contributed by atoms with Crippen molar-refractivity contribution in [3.8, 4) is 11.1 Å². The first-order valence-corrected chi connectivity index (χ1v) is 8.60. The van der Waals surface area contributed by atoms with Crippen molar-refractivity contribution < 1.29 is 9.32 Å². The lowest BCUT2D eigenvalue weighted by Crippen LogP contribution is -2.09. The average molecular weight is 345 g/mol. The van der Waals surface area contributed by atoms with E-state index in [-0.39, 0.29) is 12.2 Å². The molecule has 0 saturated carbocycles. The van der Waals surface area contributed by atoms with Crippen molar-refractivity contribution in [3.63, 3.8) is 0 Å². The van der Waals surface area contributed by atoms with Gasteiger partial charge in [-0.15, -0.1) is 0 Å². The van der Waals surface area contributed by atoms with Gasteiger partial charge in [-0.3, -0.25) is 14.8 Å². The zero-order chi connectivity index (χ0) is 18.3. The molecular formula is C21H19N3O2. The Balaban J connectivity index is 2.06. The third-order valence-corrected chi connectivity index (χ3v) is 4.69. The lowest BCUT2D eigenvalue weighted by molar-refractivity contribution is -0.117. The van der Waals surface area contributed by atoms with Crippen LogP contribution in [0.4, 0.5) is 0 Å². The lowest BCUT2D eigenvalue weighted by Gasteiger charge is -2.13. The highest BCUT2D eigenvalue weighted by atomic mass is 16.5. The summed E-state index contributed by atoms with van der Waals surface area (Å²) >= 11 is 0. The van der Waals surface area contributed by atoms with Gasteiger partial charge in [0.15, 0.2) is 5.76 Å². The molecule has 2 aromatic heterocycles. The van der Waals surface area contributed by atoms with Crippen LogP contribution >= 0.6 is 0 Å². The van der Waals surface area contributed by atoms with Crippen molar-refractivity contribution in [2.45, 2.75) is 33.2 Å². The zero-order valence-electron chi connectivity index (χ0n) is 15.0. The van der Waals surface area contributed by atoms with E-state index in [1.54, 1.807) is 19.3 Å². The number of fused-ring (bicyclic) bond motifs is 3. The maximum absolute atomic E-state index is 11.9. The summed E-state index contributed by atoms with van der Waals surface area (Å²) in [6.07, 6.45) is 3.79. The van der Waals surface area contributed by atoms with Crippen LogP contribution < -0.4 is 0 Å². The largest absolute Gasteiger partial charge is 0.358 e. The highest BCUT2D eigenvalue weighted by Gasteiger charge is 2.31. The number of pyridine rings is 1. The molecule has 0 aliphatic carbocycles. The summed E-state index contributed by atoms with van der Waals surface area (Å²) in [5.41, 5.74) is 6.80. The minimum atomic E-state index is -0.390. The number of hydrogen-bond acceptors (Lipinski definition) is 5. The number of carbonyl (C=O) groups is 1. The van der Waals surface area contributed by atoms with Crippen LogP contribution in [0, 0.1) is 13.8 Å².